The van der Waals surface area contributed by atoms with Crippen LogP contribution in [-0.2, 0) is 4.74 Å². The summed E-state index contributed by atoms with van der Waals surface area (Å²) in [5.41, 5.74) is -1.30. The molecule has 0 aliphatic carbocycles. The van der Waals surface area contributed by atoms with Crippen LogP contribution in [0.25, 0.3) is 0 Å². The van der Waals surface area contributed by atoms with E-state index in [0.717, 1.165) is 19.2 Å². The first-order valence-corrected chi connectivity index (χ1v) is 3.13. The van der Waals surface area contributed by atoms with E-state index >= 15 is 0 Å². The molecule has 0 unspecified atom stereocenters. The second-order valence-corrected chi connectivity index (χ2v) is 2.02. The molecule has 1 heterocycles. The predicted molar refractivity (Wildman–Crippen MR) is 38.5 cm³/mol. The van der Waals surface area contributed by atoms with Crippen LogP contribution >= 0.6 is 0 Å². The van der Waals surface area contributed by atoms with Crippen molar-refractivity contribution in [2.45, 2.75) is 0 Å². The standard InChI is InChI=1S/C7H6FNO3/c1-12-7(11)5-3-2-4-6(10)9(5)8/h2-4H,1H3. The van der Waals surface area contributed by atoms with Crippen LogP contribution in [0, 0.1) is 0 Å². The van der Waals surface area contributed by atoms with Crippen molar-refractivity contribution in [2.75, 3.05) is 7.11 Å². The van der Waals surface area contributed by atoms with Crippen molar-refractivity contribution in [3.05, 3.63) is 34.2 Å². The molecule has 1 aromatic rings. The van der Waals surface area contributed by atoms with Crippen LogP contribution in [0.4, 0.5) is 4.48 Å². The van der Waals surface area contributed by atoms with Gasteiger partial charge < -0.3 is 4.74 Å². The molecule has 1 aromatic heterocycles. The van der Waals surface area contributed by atoms with Crippen LogP contribution in [0.3, 0.4) is 0 Å². The van der Waals surface area contributed by atoms with Crippen molar-refractivity contribution < 1.29 is 14.0 Å². The Morgan fingerprint density at radius 3 is 2.83 bits per heavy atom. The molecule has 0 saturated carbocycles. The van der Waals surface area contributed by atoms with Gasteiger partial charge in [0.15, 0.2) is 5.69 Å². The van der Waals surface area contributed by atoms with E-state index in [1.54, 1.807) is 0 Å². The highest BCUT2D eigenvalue weighted by Crippen LogP contribution is 1.97. The zero-order valence-corrected chi connectivity index (χ0v) is 6.28. The van der Waals surface area contributed by atoms with Crippen LogP contribution in [0.1, 0.15) is 10.5 Å². The molecule has 12 heavy (non-hydrogen) atoms. The zero-order valence-electron chi connectivity index (χ0n) is 6.28. The number of hydrogen-bond donors (Lipinski definition) is 0. The molecule has 4 nitrogen and oxygen atoms in total. The van der Waals surface area contributed by atoms with Crippen LogP contribution in [0.5, 0.6) is 0 Å². The normalized spacial score (nSPS) is 9.50. The second kappa shape index (κ2) is 3.17. The molecule has 0 N–H and O–H groups in total. The number of ether oxygens (including phenoxy) is 1. The Kier molecular flexibility index (Phi) is 2.23. The Morgan fingerprint density at radius 1 is 1.58 bits per heavy atom. The third-order valence-corrected chi connectivity index (χ3v) is 1.29. The molecule has 0 saturated heterocycles. The van der Waals surface area contributed by atoms with Gasteiger partial charge in [0.05, 0.1) is 7.11 Å². The number of carbonyl (C=O) groups is 1. The Hall–Kier alpha value is -1.65. The molecule has 0 fully saturated rings. The SMILES string of the molecule is COC(=O)c1cccc(=O)n1F. The van der Waals surface area contributed by atoms with Gasteiger partial charge in [0.25, 0.3) is 5.56 Å². The molecule has 1 rings (SSSR count). The molecular weight excluding hydrogens is 165 g/mol. The Balaban J connectivity index is 3.26. The van der Waals surface area contributed by atoms with E-state index in [1.165, 1.54) is 6.07 Å². The Bertz CT molecular complexity index is 358. The first kappa shape index (κ1) is 8.45. The average molecular weight is 171 g/mol. The molecule has 0 radical (unpaired) electrons. The lowest BCUT2D eigenvalue weighted by atomic mass is 10.3. The lowest BCUT2D eigenvalue weighted by Crippen LogP contribution is -2.19. The molecule has 0 aliphatic rings. The lowest BCUT2D eigenvalue weighted by Gasteiger charge is -1.99. The first-order valence-electron chi connectivity index (χ1n) is 3.13. The van der Waals surface area contributed by atoms with Gasteiger partial charge in [-0.15, -0.1) is 4.79 Å². The zero-order chi connectivity index (χ0) is 9.14. The van der Waals surface area contributed by atoms with E-state index in [9.17, 15) is 14.1 Å². The summed E-state index contributed by atoms with van der Waals surface area (Å²) in [5.74, 6) is -0.879. The lowest BCUT2D eigenvalue weighted by molar-refractivity contribution is 0.0573. The van der Waals surface area contributed by atoms with Gasteiger partial charge in [-0.25, -0.2) is 4.79 Å². The van der Waals surface area contributed by atoms with Crippen LogP contribution in [0.15, 0.2) is 23.0 Å². The molecule has 0 aliphatic heterocycles. The minimum atomic E-state index is -0.891. The van der Waals surface area contributed by atoms with Crippen molar-refractivity contribution in [3.8, 4) is 0 Å². The van der Waals surface area contributed by atoms with E-state index in [4.69, 9.17) is 0 Å². The van der Waals surface area contributed by atoms with Crippen molar-refractivity contribution in [1.29, 1.82) is 0 Å². The molecule has 64 valence electrons. The molecule has 5 heteroatoms. The highest BCUT2D eigenvalue weighted by Gasteiger charge is 2.11. The summed E-state index contributed by atoms with van der Waals surface area (Å²) in [4.78, 5) is 21.1. The third-order valence-electron chi connectivity index (χ3n) is 1.29. The molecular formula is C7H6FNO3. The van der Waals surface area contributed by atoms with Crippen LogP contribution in [-0.4, -0.2) is 17.9 Å². The van der Waals surface area contributed by atoms with Gasteiger partial charge in [0, 0.05) is 6.07 Å². The number of halogens is 1. The molecule has 0 amide bonds. The topological polar surface area (TPSA) is 48.3 Å². The van der Waals surface area contributed by atoms with Gasteiger partial charge in [0.1, 0.15) is 0 Å². The van der Waals surface area contributed by atoms with E-state index in [0.29, 0.717) is 0 Å². The Labute approximate surface area is 67.1 Å². The number of carbonyl (C=O) groups excluding carboxylic acids is 1. The Morgan fingerprint density at radius 2 is 2.25 bits per heavy atom. The predicted octanol–water partition coefficient (Wildman–Crippen LogP) is 0.367. The largest absolute Gasteiger partial charge is 0.464 e. The number of pyridine rings is 1. The molecule has 0 spiro atoms. The fourth-order valence-corrected chi connectivity index (χ4v) is 0.724. The summed E-state index contributed by atoms with van der Waals surface area (Å²) in [5, 5.41) is 0. The van der Waals surface area contributed by atoms with E-state index < -0.39 is 17.2 Å². The smallest absolute Gasteiger partial charge is 0.357 e. The fraction of sp³-hybridized carbons (Fsp3) is 0.143. The maximum absolute atomic E-state index is 12.7. The summed E-state index contributed by atoms with van der Waals surface area (Å²) in [6.07, 6.45) is 0. The van der Waals surface area contributed by atoms with E-state index in [1.807, 2.05) is 0 Å². The van der Waals surface area contributed by atoms with Gasteiger partial charge in [-0.05, 0) is 6.07 Å². The maximum atomic E-state index is 12.7. The van der Waals surface area contributed by atoms with Gasteiger partial charge in [0.2, 0.25) is 0 Å². The quantitative estimate of drug-likeness (QED) is 0.573. The van der Waals surface area contributed by atoms with Crippen LogP contribution in [0.2, 0.25) is 0 Å². The fourth-order valence-electron chi connectivity index (χ4n) is 0.724. The summed E-state index contributed by atoms with van der Waals surface area (Å²) >= 11 is 0. The highest BCUT2D eigenvalue weighted by molar-refractivity contribution is 5.87. The van der Waals surface area contributed by atoms with Gasteiger partial charge in [-0.1, -0.05) is 10.5 Å². The number of hydrogen-bond acceptors (Lipinski definition) is 3. The van der Waals surface area contributed by atoms with Crippen molar-refractivity contribution >= 4 is 5.97 Å². The van der Waals surface area contributed by atoms with Gasteiger partial charge >= 0.3 is 5.97 Å². The number of esters is 1. The molecule has 0 atom stereocenters. The number of rotatable bonds is 1. The average Bonchev–Trinajstić information content (AvgIpc) is 2.08. The minimum absolute atomic E-state index is 0.258. The second-order valence-electron chi connectivity index (χ2n) is 2.02. The van der Waals surface area contributed by atoms with Crippen molar-refractivity contribution in [1.82, 2.24) is 4.79 Å². The van der Waals surface area contributed by atoms with Crippen LogP contribution < -0.4 is 5.56 Å². The summed E-state index contributed by atoms with van der Waals surface area (Å²) in [7, 11) is 1.11. The minimum Gasteiger partial charge on any atom is -0.464 e. The summed E-state index contributed by atoms with van der Waals surface area (Å²) < 4.78 is 17.0. The van der Waals surface area contributed by atoms with E-state index in [-0.39, 0.29) is 4.79 Å². The summed E-state index contributed by atoms with van der Waals surface area (Å²) in [6.45, 7) is 0. The monoisotopic (exact) mass is 171 g/mol. The maximum Gasteiger partial charge on any atom is 0.357 e. The van der Waals surface area contributed by atoms with Crippen molar-refractivity contribution in [2.24, 2.45) is 0 Å². The molecule has 0 aromatic carbocycles. The summed E-state index contributed by atoms with van der Waals surface area (Å²) in [6, 6.07) is 3.45. The first-order chi connectivity index (χ1) is 5.66. The van der Waals surface area contributed by atoms with Gasteiger partial charge in [-0.2, -0.15) is 0 Å². The number of nitrogens with zero attached hydrogens (tertiary/aromatic N) is 1. The highest BCUT2D eigenvalue weighted by atomic mass is 19.2. The van der Waals surface area contributed by atoms with Gasteiger partial charge in [-0.3, -0.25) is 4.79 Å². The van der Waals surface area contributed by atoms with Crippen molar-refractivity contribution in [3.63, 3.8) is 0 Å². The third kappa shape index (κ3) is 1.34. The number of aromatic nitrogens is 1. The van der Waals surface area contributed by atoms with E-state index in [2.05, 4.69) is 4.74 Å². The molecule has 0 bridgehead atoms. The number of methoxy groups -OCH3 is 1.